The SMILES string of the molecule is COc1ccc(/C=C/C[C@@]23CCCO[C@]2(c2cc4ccccc4c4ccccc24)O[C@@H]3C)cc1. The number of benzene rings is 4. The molecule has 2 aliphatic rings. The molecule has 3 nitrogen and oxygen atoms in total. The van der Waals surface area contributed by atoms with Crippen LogP contribution in [0.4, 0.5) is 0 Å². The van der Waals surface area contributed by atoms with Gasteiger partial charge in [0.2, 0.25) is 5.79 Å². The van der Waals surface area contributed by atoms with Gasteiger partial charge < -0.3 is 14.2 Å². The average molecular weight is 451 g/mol. The molecule has 2 aliphatic heterocycles. The standard InChI is InChI=1S/C31H30O3/c1-22-30(18-7-9-23-14-16-25(32-2)17-15-23)19-8-20-33-31(30,34-22)29-21-24-10-3-4-11-26(24)27-12-5-6-13-28(27)29/h3-7,9-17,21-22H,8,18-20H2,1-2H3/b9-7+/t22-,30+,31-/m1/s1. The third-order valence-corrected chi connectivity index (χ3v) is 7.88. The highest BCUT2D eigenvalue weighted by atomic mass is 16.7. The van der Waals surface area contributed by atoms with E-state index in [1.54, 1.807) is 7.11 Å². The summed E-state index contributed by atoms with van der Waals surface area (Å²) in [7, 11) is 1.70. The van der Waals surface area contributed by atoms with E-state index in [9.17, 15) is 0 Å². The summed E-state index contributed by atoms with van der Waals surface area (Å²) in [5.74, 6) is 0.151. The monoisotopic (exact) mass is 450 g/mol. The zero-order chi connectivity index (χ0) is 23.2. The predicted molar refractivity (Wildman–Crippen MR) is 138 cm³/mol. The minimum Gasteiger partial charge on any atom is -0.497 e. The lowest BCUT2D eigenvalue weighted by molar-refractivity contribution is -0.452. The maximum atomic E-state index is 6.64. The van der Waals surface area contributed by atoms with Crippen molar-refractivity contribution in [2.24, 2.45) is 5.41 Å². The molecule has 3 atom stereocenters. The molecule has 0 amide bonds. The van der Waals surface area contributed by atoms with Crippen LogP contribution in [-0.2, 0) is 15.3 Å². The molecule has 172 valence electrons. The summed E-state index contributed by atoms with van der Waals surface area (Å²) in [5, 5.41) is 4.97. The van der Waals surface area contributed by atoms with Gasteiger partial charge in [0.25, 0.3) is 0 Å². The van der Waals surface area contributed by atoms with Gasteiger partial charge in [-0.2, -0.15) is 0 Å². The minimum absolute atomic E-state index is 0.0978. The van der Waals surface area contributed by atoms with E-state index in [0.29, 0.717) is 0 Å². The molecule has 0 aliphatic carbocycles. The average Bonchev–Trinajstić information content (AvgIpc) is 2.89. The lowest BCUT2D eigenvalue weighted by Gasteiger charge is -2.64. The Balaban J connectivity index is 1.44. The van der Waals surface area contributed by atoms with E-state index in [1.165, 1.54) is 27.1 Å². The molecule has 0 saturated carbocycles. The molecular formula is C31H30O3. The van der Waals surface area contributed by atoms with Gasteiger partial charge in [0.15, 0.2) is 0 Å². The molecule has 0 bridgehead atoms. The van der Waals surface area contributed by atoms with Crippen molar-refractivity contribution in [1.82, 2.24) is 0 Å². The smallest absolute Gasteiger partial charge is 0.204 e. The van der Waals surface area contributed by atoms with Crippen LogP contribution in [0.2, 0.25) is 0 Å². The van der Waals surface area contributed by atoms with Gasteiger partial charge in [-0.3, -0.25) is 0 Å². The molecule has 0 spiro atoms. The van der Waals surface area contributed by atoms with Crippen LogP contribution in [0.5, 0.6) is 5.75 Å². The zero-order valence-electron chi connectivity index (χ0n) is 19.8. The number of hydrogen-bond donors (Lipinski definition) is 0. The van der Waals surface area contributed by atoms with Crippen molar-refractivity contribution in [3.63, 3.8) is 0 Å². The van der Waals surface area contributed by atoms with Crippen LogP contribution in [0.3, 0.4) is 0 Å². The fraction of sp³-hybridized carbons (Fsp3) is 0.290. The number of rotatable bonds is 5. The topological polar surface area (TPSA) is 27.7 Å². The van der Waals surface area contributed by atoms with Gasteiger partial charge in [-0.05, 0) is 71.5 Å². The van der Waals surface area contributed by atoms with Crippen molar-refractivity contribution in [3.05, 3.63) is 96.1 Å². The Labute approximate surface area is 201 Å². The van der Waals surface area contributed by atoms with Crippen LogP contribution in [0.15, 0.2) is 84.9 Å². The number of methoxy groups -OCH3 is 1. The first kappa shape index (κ1) is 21.4. The van der Waals surface area contributed by atoms with Gasteiger partial charge in [0.1, 0.15) is 5.75 Å². The van der Waals surface area contributed by atoms with Gasteiger partial charge in [-0.25, -0.2) is 0 Å². The third-order valence-electron chi connectivity index (χ3n) is 7.88. The van der Waals surface area contributed by atoms with Crippen molar-refractivity contribution in [3.8, 4) is 5.75 Å². The molecule has 0 aromatic heterocycles. The van der Waals surface area contributed by atoms with Gasteiger partial charge in [-0.1, -0.05) is 72.8 Å². The Hall–Kier alpha value is -3.14. The van der Waals surface area contributed by atoms with Crippen LogP contribution < -0.4 is 4.74 Å². The van der Waals surface area contributed by atoms with Crippen molar-refractivity contribution >= 4 is 27.6 Å². The fourth-order valence-corrected chi connectivity index (χ4v) is 6.10. The highest BCUT2D eigenvalue weighted by molar-refractivity contribution is 6.09. The third kappa shape index (κ3) is 3.11. The van der Waals surface area contributed by atoms with Crippen LogP contribution in [0.1, 0.15) is 37.3 Å². The van der Waals surface area contributed by atoms with E-state index in [0.717, 1.165) is 37.2 Å². The van der Waals surface area contributed by atoms with Crippen LogP contribution in [-0.4, -0.2) is 19.8 Å². The Bertz CT molecular complexity index is 1370. The lowest BCUT2D eigenvalue weighted by atomic mass is 9.60. The molecule has 6 rings (SSSR count). The number of ether oxygens (including phenoxy) is 3. The molecular weight excluding hydrogens is 420 g/mol. The van der Waals surface area contributed by atoms with E-state index in [-0.39, 0.29) is 11.5 Å². The van der Waals surface area contributed by atoms with Gasteiger partial charge in [0.05, 0.1) is 25.2 Å². The van der Waals surface area contributed by atoms with Gasteiger partial charge in [-0.15, -0.1) is 0 Å². The van der Waals surface area contributed by atoms with E-state index in [4.69, 9.17) is 14.2 Å². The highest BCUT2D eigenvalue weighted by Gasteiger charge is 2.68. The van der Waals surface area contributed by atoms with Gasteiger partial charge in [0, 0.05) is 5.56 Å². The molecule has 3 heteroatoms. The molecule has 0 radical (unpaired) electrons. The summed E-state index contributed by atoms with van der Waals surface area (Å²) in [4.78, 5) is 0. The Morgan fingerprint density at radius 3 is 2.44 bits per heavy atom. The summed E-state index contributed by atoms with van der Waals surface area (Å²) < 4.78 is 18.6. The van der Waals surface area contributed by atoms with Crippen LogP contribution >= 0.6 is 0 Å². The quantitative estimate of drug-likeness (QED) is 0.295. The minimum atomic E-state index is -0.724. The molecule has 2 heterocycles. The Morgan fingerprint density at radius 2 is 1.68 bits per heavy atom. The number of hydrogen-bond acceptors (Lipinski definition) is 3. The van der Waals surface area contributed by atoms with E-state index in [1.807, 2.05) is 12.1 Å². The van der Waals surface area contributed by atoms with Crippen molar-refractivity contribution in [2.75, 3.05) is 13.7 Å². The molecule has 4 aromatic rings. The molecule has 0 N–H and O–H groups in total. The zero-order valence-corrected chi connectivity index (χ0v) is 19.8. The normalized spacial score (nSPS) is 26.5. The van der Waals surface area contributed by atoms with Crippen molar-refractivity contribution in [2.45, 2.75) is 38.1 Å². The first-order chi connectivity index (χ1) is 16.7. The first-order valence-corrected chi connectivity index (χ1v) is 12.2. The maximum absolute atomic E-state index is 6.64. The van der Waals surface area contributed by atoms with Crippen molar-refractivity contribution in [1.29, 1.82) is 0 Å². The molecule has 0 unspecified atom stereocenters. The second-order valence-electron chi connectivity index (χ2n) is 9.56. The van der Waals surface area contributed by atoms with Crippen molar-refractivity contribution < 1.29 is 14.2 Å². The second kappa shape index (κ2) is 8.26. The van der Waals surface area contributed by atoms with Crippen LogP contribution in [0.25, 0.3) is 27.6 Å². The molecule has 4 aromatic carbocycles. The van der Waals surface area contributed by atoms with Crippen LogP contribution in [0, 0.1) is 5.41 Å². The number of fused-ring (bicyclic) bond motifs is 4. The fourth-order valence-electron chi connectivity index (χ4n) is 6.10. The summed E-state index contributed by atoms with van der Waals surface area (Å²) in [6.45, 7) is 2.93. The largest absolute Gasteiger partial charge is 0.497 e. The highest BCUT2D eigenvalue weighted by Crippen LogP contribution is 2.64. The Morgan fingerprint density at radius 1 is 0.941 bits per heavy atom. The summed E-state index contributed by atoms with van der Waals surface area (Å²) in [6.07, 6.45) is 7.67. The molecule has 2 saturated heterocycles. The Kier molecular flexibility index (Phi) is 5.20. The maximum Gasteiger partial charge on any atom is 0.204 e. The molecule has 2 fully saturated rings. The van der Waals surface area contributed by atoms with E-state index in [2.05, 4.69) is 85.8 Å². The van der Waals surface area contributed by atoms with Gasteiger partial charge >= 0.3 is 0 Å². The van der Waals surface area contributed by atoms with E-state index >= 15 is 0 Å². The molecule has 34 heavy (non-hydrogen) atoms. The summed E-state index contributed by atoms with van der Waals surface area (Å²) in [5.41, 5.74) is 2.24. The lowest BCUT2D eigenvalue weighted by Crippen LogP contribution is -2.68. The first-order valence-electron chi connectivity index (χ1n) is 12.2. The van der Waals surface area contributed by atoms with E-state index < -0.39 is 5.79 Å². The second-order valence-corrected chi connectivity index (χ2v) is 9.56. The summed E-state index contributed by atoms with van der Waals surface area (Å²) in [6, 6.07) is 27.8. The number of allylic oxidation sites excluding steroid dienone is 1. The predicted octanol–water partition coefficient (Wildman–Crippen LogP) is 7.47. The summed E-state index contributed by atoms with van der Waals surface area (Å²) >= 11 is 0.